The first-order valence-electron chi connectivity index (χ1n) is 7.20. The summed E-state index contributed by atoms with van der Waals surface area (Å²) in [5, 5.41) is 10.6. The Kier molecular flexibility index (Phi) is 3.92. The predicted octanol–water partition coefficient (Wildman–Crippen LogP) is 3.74. The summed E-state index contributed by atoms with van der Waals surface area (Å²) in [6, 6.07) is 13.5. The number of carbonyl (C=O) groups excluding carboxylic acids is 2. The average molecular weight is 328 g/mol. The Morgan fingerprint density at radius 3 is 2.13 bits per heavy atom. The van der Waals surface area contributed by atoms with Crippen LogP contribution >= 0.6 is 11.6 Å². The zero-order valence-corrected chi connectivity index (χ0v) is 13.2. The number of rotatable bonds is 3. The molecule has 3 rings (SSSR count). The molecule has 2 aromatic carbocycles. The highest BCUT2D eigenvalue weighted by Crippen LogP contribution is 2.32. The third kappa shape index (κ3) is 2.62. The first-order valence-corrected chi connectivity index (χ1v) is 7.57. The molecule has 0 spiro atoms. The van der Waals surface area contributed by atoms with Crippen LogP contribution in [0.4, 0.5) is 5.69 Å². The van der Waals surface area contributed by atoms with E-state index in [1.165, 1.54) is 0 Å². The number of nitrogens with zero attached hydrogens (tertiary/aromatic N) is 1. The number of imide groups is 1. The number of hydrogen-bond acceptors (Lipinski definition) is 3. The summed E-state index contributed by atoms with van der Waals surface area (Å²) >= 11 is 5.83. The van der Waals surface area contributed by atoms with Crippen LogP contribution < -0.4 is 4.90 Å². The largest absolute Gasteiger partial charge is 0.502 e. The molecule has 23 heavy (non-hydrogen) atoms. The molecule has 2 amide bonds. The molecule has 2 aromatic rings. The van der Waals surface area contributed by atoms with Crippen molar-refractivity contribution in [1.82, 2.24) is 0 Å². The minimum atomic E-state index is -0.718. The Bertz CT molecular complexity index is 807. The summed E-state index contributed by atoms with van der Waals surface area (Å²) in [6.07, 6.45) is 0.863. The summed E-state index contributed by atoms with van der Waals surface area (Å²) in [4.78, 5) is 25.9. The van der Waals surface area contributed by atoms with E-state index >= 15 is 0 Å². The van der Waals surface area contributed by atoms with Gasteiger partial charge in [0.2, 0.25) is 0 Å². The van der Waals surface area contributed by atoms with Crippen molar-refractivity contribution in [3.05, 3.63) is 70.4 Å². The second kappa shape index (κ2) is 5.89. The van der Waals surface area contributed by atoms with Crippen LogP contribution in [0, 0.1) is 0 Å². The van der Waals surface area contributed by atoms with Gasteiger partial charge in [0.1, 0.15) is 0 Å². The maximum atomic E-state index is 12.6. The van der Waals surface area contributed by atoms with Crippen LogP contribution in [0.2, 0.25) is 5.02 Å². The summed E-state index contributed by atoms with van der Waals surface area (Å²) in [5.41, 5.74) is 1.99. The highest BCUT2D eigenvalue weighted by Gasteiger charge is 2.40. The molecule has 116 valence electrons. The predicted molar refractivity (Wildman–Crippen MR) is 89.3 cm³/mol. The number of aliphatic hydroxyl groups excluding tert-OH is 1. The Morgan fingerprint density at radius 2 is 1.57 bits per heavy atom. The molecule has 1 aliphatic heterocycles. The van der Waals surface area contributed by atoms with Gasteiger partial charge in [0, 0.05) is 5.02 Å². The number of anilines is 1. The molecular formula is C18H14ClNO3. The maximum Gasteiger partial charge on any atom is 0.301 e. The molecule has 4 nitrogen and oxygen atoms in total. The fraction of sp³-hybridized carbons (Fsp3) is 0.111. The molecule has 0 atom stereocenters. The number of benzene rings is 2. The molecule has 0 radical (unpaired) electrons. The highest BCUT2D eigenvalue weighted by atomic mass is 35.5. The van der Waals surface area contributed by atoms with E-state index in [0.29, 0.717) is 16.3 Å². The van der Waals surface area contributed by atoms with Gasteiger partial charge in [-0.3, -0.25) is 9.59 Å². The fourth-order valence-electron chi connectivity index (χ4n) is 2.51. The van der Waals surface area contributed by atoms with Crippen LogP contribution in [-0.4, -0.2) is 16.9 Å². The van der Waals surface area contributed by atoms with E-state index < -0.39 is 17.6 Å². The van der Waals surface area contributed by atoms with Gasteiger partial charge in [0.05, 0.1) is 11.3 Å². The smallest absolute Gasteiger partial charge is 0.301 e. The van der Waals surface area contributed by atoms with Gasteiger partial charge < -0.3 is 5.11 Å². The summed E-state index contributed by atoms with van der Waals surface area (Å²) in [5.74, 6) is -1.81. The zero-order chi connectivity index (χ0) is 16.6. The second-order valence-corrected chi connectivity index (χ2v) is 5.63. The lowest BCUT2D eigenvalue weighted by Gasteiger charge is -2.15. The van der Waals surface area contributed by atoms with Crippen LogP contribution in [0.1, 0.15) is 18.1 Å². The lowest BCUT2D eigenvalue weighted by atomic mass is 10.1. The van der Waals surface area contributed by atoms with Crippen molar-refractivity contribution < 1.29 is 14.7 Å². The van der Waals surface area contributed by atoms with E-state index in [2.05, 4.69) is 0 Å². The van der Waals surface area contributed by atoms with Crippen molar-refractivity contribution in [2.24, 2.45) is 0 Å². The van der Waals surface area contributed by atoms with Gasteiger partial charge >= 0.3 is 5.91 Å². The lowest BCUT2D eigenvalue weighted by molar-refractivity contribution is -0.121. The third-order valence-corrected chi connectivity index (χ3v) is 4.05. The van der Waals surface area contributed by atoms with Gasteiger partial charge in [0.15, 0.2) is 5.76 Å². The minimum Gasteiger partial charge on any atom is -0.502 e. The Hall–Kier alpha value is -2.59. The monoisotopic (exact) mass is 327 g/mol. The quantitative estimate of drug-likeness (QED) is 0.874. The van der Waals surface area contributed by atoms with Gasteiger partial charge in [-0.15, -0.1) is 0 Å². The third-order valence-electron chi connectivity index (χ3n) is 3.80. The van der Waals surface area contributed by atoms with Crippen molar-refractivity contribution in [1.29, 1.82) is 0 Å². The maximum absolute atomic E-state index is 12.6. The van der Waals surface area contributed by atoms with Gasteiger partial charge in [0.25, 0.3) is 5.91 Å². The SMILES string of the molecule is CCc1ccc(N2C(=O)C(O)=C(c3ccc(Cl)cc3)C2=O)cc1. The number of hydrogen-bond donors (Lipinski definition) is 1. The molecular weight excluding hydrogens is 314 g/mol. The van der Waals surface area contributed by atoms with Crippen LogP contribution in [0.3, 0.4) is 0 Å². The topological polar surface area (TPSA) is 57.6 Å². The number of halogens is 1. The van der Waals surface area contributed by atoms with Crippen LogP contribution in [0.15, 0.2) is 54.3 Å². The number of aliphatic hydroxyl groups is 1. The molecule has 0 fully saturated rings. The number of aryl methyl sites for hydroxylation is 1. The Balaban J connectivity index is 1.99. The fourth-order valence-corrected chi connectivity index (χ4v) is 2.64. The minimum absolute atomic E-state index is 0.00812. The molecule has 0 aliphatic carbocycles. The van der Waals surface area contributed by atoms with Crippen molar-refractivity contribution in [3.63, 3.8) is 0 Å². The van der Waals surface area contributed by atoms with E-state index in [4.69, 9.17) is 11.6 Å². The first kappa shape index (κ1) is 15.3. The number of amides is 2. The van der Waals surface area contributed by atoms with E-state index in [1.807, 2.05) is 19.1 Å². The zero-order valence-electron chi connectivity index (χ0n) is 12.4. The Labute approximate surface area is 138 Å². The van der Waals surface area contributed by atoms with Gasteiger partial charge in [-0.25, -0.2) is 4.90 Å². The van der Waals surface area contributed by atoms with Crippen LogP contribution in [-0.2, 0) is 16.0 Å². The van der Waals surface area contributed by atoms with Crippen molar-refractivity contribution in [2.75, 3.05) is 4.90 Å². The highest BCUT2D eigenvalue weighted by molar-refractivity contribution is 6.45. The molecule has 0 unspecified atom stereocenters. The van der Waals surface area contributed by atoms with Crippen LogP contribution in [0.25, 0.3) is 5.57 Å². The average Bonchev–Trinajstić information content (AvgIpc) is 2.78. The van der Waals surface area contributed by atoms with Gasteiger partial charge in [-0.2, -0.15) is 0 Å². The van der Waals surface area contributed by atoms with E-state index in [9.17, 15) is 14.7 Å². The van der Waals surface area contributed by atoms with Crippen molar-refractivity contribution in [3.8, 4) is 0 Å². The second-order valence-electron chi connectivity index (χ2n) is 5.20. The molecule has 0 bridgehead atoms. The van der Waals surface area contributed by atoms with Gasteiger partial charge in [-0.1, -0.05) is 42.8 Å². The molecule has 0 saturated carbocycles. The van der Waals surface area contributed by atoms with Crippen LogP contribution in [0.5, 0.6) is 0 Å². The summed E-state index contributed by atoms with van der Waals surface area (Å²) in [7, 11) is 0. The van der Waals surface area contributed by atoms with Gasteiger partial charge in [-0.05, 0) is 41.8 Å². The summed E-state index contributed by atoms with van der Waals surface area (Å²) < 4.78 is 0. The first-order chi connectivity index (χ1) is 11.0. The molecule has 0 saturated heterocycles. The van der Waals surface area contributed by atoms with E-state index in [-0.39, 0.29) is 5.57 Å². The molecule has 1 heterocycles. The van der Waals surface area contributed by atoms with E-state index in [1.54, 1.807) is 36.4 Å². The van der Waals surface area contributed by atoms with Crippen molar-refractivity contribution >= 4 is 34.7 Å². The molecule has 5 heteroatoms. The number of carbonyl (C=O) groups is 2. The molecule has 1 N–H and O–H groups in total. The normalized spacial score (nSPS) is 14.8. The Morgan fingerprint density at radius 1 is 0.957 bits per heavy atom. The summed E-state index contributed by atoms with van der Waals surface area (Å²) in [6.45, 7) is 2.02. The van der Waals surface area contributed by atoms with Crippen molar-refractivity contribution in [2.45, 2.75) is 13.3 Å². The standard InChI is InChI=1S/C18H14ClNO3/c1-2-11-3-9-14(10-4-11)20-17(22)15(16(21)18(20)23)12-5-7-13(19)8-6-12/h3-10,21H,2H2,1H3. The lowest BCUT2D eigenvalue weighted by Crippen LogP contribution is -2.31. The van der Waals surface area contributed by atoms with E-state index in [0.717, 1.165) is 16.9 Å². The molecule has 1 aliphatic rings. The molecule has 0 aromatic heterocycles.